The van der Waals surface area contributed by atoms with Gasteiger partial charge in [-0.15, -0.1) is 0 Å². The molecule has 0 unspecified atom stereocenters. The molecule has 0 radical (unpaired) electrons. The first kappa shape index (κ1) is 17.5. The molecule has 120 valence electrons. The number of hydrogen-bond acceptors (Lipinski definition) is 5. The van der Waals surface area contributed by atoms with Gasteiger partial charge in [-0.05, 0) is 40.3 Å². The van der Waals surface area contributed by atoms with E-state index in [1.54, 1.807) is 0 Å². The second-order valence-electron chi connectivity index (χ2n) is 5.54. The predicted octanol–water partition coefficient (Wildman–Crippen LogP) is 1.93. The molecule has 0 aliphatic heterocycles. The van der Waals surface area contributed by atoms with Crippen molar-refractivity contribution in [3.05, 3.63) is 11.5 Å². The molecular weight excluding hydrogens is 268 g/mol. The third-order valence-corrected chi connectivity index (χ3v) is 3.80. The Hall–Kier alpha value is -1.56. The number of unbranched alkanes of at least 4 members (excludes halogenated alkanes) is 1. The molecule has 0 amide bonds. The molecular formula is C15H28N4O2. The van der Waals surface area contributed by atoms with Crippen LogP contribution in [0.3, 0.4) is 0 Å². The molecule has 1 aromatic rings. The van der Waals surface area contributed by atoms with Crippen molar-refractivity contribution in [1.82, 2.24) is 14.5 Å². The smallest absolute Gasteiger partial charge is 0.360 e. The molecule has 0 aliphatic carbocycles. The van der Waals surface area contributed by atoms with Gasteiger partial charge in [-0.2, -0.15) is 0 Å². The van der Waals surface area contributed by atoms with Crippen LogP contribution in [-0.4, -0.2) is 47.2 Å². The van der Waals surface area contributed by atoms with Gasteiger partial charge in [0.05, 0.1) is 7.11 Å². The van der Waals surface area contributed by atoms with Gasteiger partial charge >= 0.3 is 5.97 Å². The van der Waals surface area contributed by atoms with E-state index in [0.29, 0.717) is 11.9 Å². The van der Waals surface area contributed by atoms with Crippen LogP contribution < -0.4 is 5.73 Å². The lowest BCUT2D eigenvalue weighted by Crippen LogP contribution is -2.27. The molecule has 2 N–H and O–H groups in total. The van der Waals surface area contributed by atoms with Crippen LogP contribution in [0.15, 0.2) is 0 Å². The predicted molar refractivity (Wildman–Crippen MR) is 84.4 cm³/mol. The van der Waals surface area contributed by atoms with Crippen LogP contribution in [0.5, 0.6) is 0 Å². The van der Waals surface area contributed by atoms with Gasteiger partial charge in [0, 0.05) is 19.0 Å². The number of esters is 1. The number of carbonyl (C=O) groups excluding carboxylic acids is 1. The third-order valence-electron chi connectivity index (χ3n) is 3.80. The Morgan fingerprint density at radius 3 is 2.62 bits per heavy atom. The summed E-state index contributed by atoms with van der Waals surface area (Å²) in [6, 6.07) is 0.556. The highest BCUT2D eigenvalue weighted by molar-refractivity contribution is 5.92. The fraction of sp³-hybridized carbons (Fsp3) is 0.733. The van der Waals surface area contributed by atoms with Crippen molar-refractivity contribution in [2.75, 3.05) is 26.4 Å². The number of hydrogen-bond donors (Lipinski definition) is 1. The van der Waals surface area contributed by atoms with Crippen molar-refractivity contribution in [3.8, 4) is 0 Å². The zero-order valence-corrected chi connectivity index (χ0v) is 13.8. The Kier molecular flexibility index (Phi) is 6.68. The summed E-state index contributed by atoms with van der Waals surface area (Å²) in [7, 11) is 3.47. The molecule has 0 saturated carbocycles. The van der Waals surface area contributed by atoms with Crippen molar-refractivity contribution in [2.45, 2.75) is 52.6 Å². The molecule has 0 aromatic carbocycles. The van der Waals surface area contributed by atoms with Crippen LogP contribution >= 0.6 is 0 Å². The van der Waals surface area contributed by atoms with Crippen LogP contribution in [-0.2, 0) is 17.7 Å². The van der Waals surface area contributed by atoms with Gasteiger partial charge in [0.2, 0.25) is 0 Å². The van der Waals surface area contributed by atoms with E-state index >= 15 is 0 Å². The normalized spacial score (nSPS) is 11.4. The minimum absolute atomic E-state index is 0.230. The van der Waals surface area contributed by atoms with Gasteiger partial charge in [0.15, 0.2) is 5.69 Å². The molecule has 0 spiro atoms. The molecule has 21 heavy (non-hydrogen) atoms. The van der Waals surface area contributed by atoms with Gasteiger partial charge < -0.3 is 19.9 Å². The third kappa shape index (κ3) is 4.46. The van der Waals surface area contributed by atoms with Gasteiger partial charge in [0.1, 0.15) is 11.6 Å². The van der Waals surface area contributed by atoms with Gasteiger partial charge in [-0.1, -0.05) is 6.92 Å². The average molecular weight is 296 g/mol. The minimum atomic E-state index is -0.472. The SMILES string of the molecule is CCc1nc(C(=O)OC)c(N)n1CCCCN(C)C(C)C. The maximum absolute atomic E-state index is 11.6. The highest BCUT2D eigenvalue weighted by atomic mass is 16.5. The van der Waals surface area contributed by atoms with E-state index in [4.69, 9.17) is 10.5 Å². The summed E-state index contributed by atoms with van der Waals surface area (Å²) in [6.45, 7) is 8.21. The molecule has 0 aliphatic rings. The van der Waals surface area contributed by atoms with E-state index in [1.807, 2.05) is 11.5 Å². The summed E-state index contributed by atoms with van der Waals surface area (Å²) >= 11 is 0. The number of nitrogens with zero attached hydrogens (tertiary/aromatic N) is 3. The Morgan fingerprint density at radius 1 is 1.43 bits per heavy atom. The van der Waals surface area contributed by atoms with E-state index < -0.39 is 5.97 Å². The quantitative estimate of drug-likeness (QED) is 0.586. The number of aryl methyl sites for hydroxylation is 1. The van der Waals surface area contributed by atoms with E-state index in [0.717, 1.165) is 38.2 Å². The second-order valence-corrected chi connectivity index (χ2v) is 5.54. The van der Waals surface area contributed by atoms with Crippen molar-refractivity contribution in [1.29, 1.82) is 0 Å². The molecule has 0 fully saturated rings. The number of carbonyl (C=O) groups is 1. The summed E-state index contributed by atoms with van der Waals surface area (Å²) in [5.74, 6) is 0.779. The maximum Gasteiger partial charge on any atom is 0.360 e. The topological polar surface area (TPSA) is 73.4 Å². The molecule has 1 rings (SSSR count). The number of nitrogen functional groups attached to an aromatic ring is 1. The van der Waals surface area contributed by atoms with Crippen molar-refractivity contribution in [3.63, 3.8) is 0 Å². The number of rotatable bonds is 8. The summed E-state index contributed by atoms with van der Waals surface area (Å²) < 4.78 is 6.64. The summed E-state index contributed by atoms with van der Waals surface area (Å²) in [5, 5.41) is 0. The molecule has 6 nitrogen and oxygen atoms in total. The van der Waals surface area contributed by atoms with E-state index in [-0.39, 0.29) is 5.69 Å². The highest BCUT2D eigenvalue weighted by Crippen LogP contribution is 2.17. The lowest BCUT2D eigenvalue weighted by Gasteiger charge is -2.20. The summed E-state index contributed by atoms with van der Waals surface area (Å²) in [6.07, 6.45) is 2.83. The number of nitrogens with two attached hydrogens (primary N) is 1. The van der Waals surface area contributed by atoms with Crippen LogP contribution in [0.25, 0.3) is 0 Å². The number of methoxy groups -OCH3 is 1. The van der Waals surface area contributed by atoms with Crippen molar-refractivity contribution in [2.24, 2.45) is 0 Å². The molecule has 0 bridgehead atoms. The molecule has 0 saturated heterocycles. The number of anilines is 1. The average Bonchev–Trinajstić information content (AvgIpc) is 2.78. The zero-order valence-electron chi connectivity index (χ0n) is 13.8. The largest absolute Gasteiger partial charge is 0.464 e. The second kappa shape index (κ2) is 8.02. The first-order valence-corrected chi connectivity index (χ1v) is 7.55. The number of ether oxygens (including phenoxy) is 1. The molecule has 0 atom stereocenters. The van der Waals surface area contributed by atoms with E-state index in [1.165, 1.54) is 7.11 Å². The maximum atomic E-state index is 11.6. The van der Waals surface area contributed by atoms with E-state index in [9.17, 15) is 4.79 Å². The van der Waals surface area contributed by atoms with Gasteiger partial charge in [-0.25, -0.2) is 9.78 Å². The summed E-state index contributed by atoms with van der Waals surface area (Å²) in [4.78, 5) is 18.2. The van der Waals surface area contributed by atoms with Crippen LogP contribution in [0, 0.1) is 0 Å². The number of aromatic nitrogens is 2. The molecule has 1 heterocycles. The van der Waals surface area contributed by atoms with Crippen molar-refractivity contribution < 1.29 is 9.53 Å². The highest BCUT2D eigenvalue weighted by Gasteiger charge is 2.19. The zero-order chi connectivity index (χ0) is 16.0. The van der Waals surface area contributed by atoms with Gasteiger partial charge in [0.25, 0.3) is 0 Å². The Morgan fingerprint density at radius 2 is 2.10 bits per heavy atom. The Bertz CT molecular complexity index is 468. The van der Waals surface area contributed by atoms with Crippen LogP contribution in [0.1, 0.15) is 49.9 Å². The summed E-state index contributed by atoms with van der Waals surface area (Å²) in [5.41, 5.74) is 6.27. The number of imidazole rings is 1. The minimum Gasteiger partial charge on any atom is -0.464 e. The Balaban J connectivity index is 2.66. The molecule has 6 heteroatoms. The molecule has 1 aromatic heterocycles. The van der Waals surface area contributed by atoms with Crippen molar-refractivity contribution >= 4 is 11.8 Å². The van der Waals surface area contributed by atoms with Crippen LogP contribution in [0.2, 0.25) is 0 Å². The monoisotopic (exact) mass is 296 g/mol. The fourth-order valence-electron chi connectivity index (χ4n) is 2.17. The fourth-order valence-corrected chi connectivity index (χ4v) is 2.17. The van der Waals surface area contributed by atoms with Gasteiger partial charge in [-0.3, -0.25) is 0 Å². The first-order valence-electron chi connectivity index (χ1n) is 7.55. The lowest BCUT2D eigenvalue weighted by molar-refractivity contribution is 0.0595. The standard InChI is InChI=1S/C15H28N4O2/c1-6-12-17-13(15(20)21-5)14(16)19(12)10-8-7-9-18(4)11(2)3/h11H,6-10,16H2,1-5H3. The lowest BCUT2D eigenvalue weighted by atomic mass is 10.2. The Labute approximate surface area is 127 Å². The van der Waals surface area contributed by atoms with E-state index in [2.05, 4.69) is 30.8 Å². The van der Waals surface area contributed by atoms with Crippen LogP contribution in [0.4, 0.5) is 5.82 Å². The first-order chi connectivity index (χ1) is 9.92.